The molecule has 0 bridgehead atoms. The topological polar surface area (TPSA) is 44.6 Å². The maximum atomic E-state index is 8.89. The Bertz CT molecular complexity index is 191. The van der Waals surface area contributed by atoms with Crippen LogP contribution < -0.4 is 10.0 Å². The number of carboxylic acids is 1. The Morgan fingerprint density at radius 2 is 1.94 bits per heavy atom. The smallest absolute Gasteiger partial charge is 0.0874 e. The van der Waals surface area contributed by atoms with E-state index in [0.717, 1.165) is 13.0 Å². The van der Waals surface area contributed by atoms with Crippen LogP contribution in [0.1, 0.15) is 65.7 Å². The molecule has 0 amide bonds. The van der Waals surface area contributed by atoms with Gasteiger partial charge in [0.15, 0.2) is 0 Å². The van der Waals surface area contributed by atoms with Crippen molar-refractivity contribution >= 4 is 5.97 Å². The quantitative estimate of drug-likeness (QED) is 0.701. The molecular weight excluding hydrogens is 214 g/mol. The van der Waals surface area contributed by atoms with Crippen molar-refractivity contribution in [2.24, 2.45) is 0 Å². The zero-order valence-corrected chi connectivity index (χ0v) is 11.8. The number of unbranched alkanes of at least 4 members (excludes halogenated alkanes) is 3. The van der Waals surface area contributed by atoms with Crippen LogP contribution in [0.3, 0.4) is 0 Å². The summed E-state index contributed by atoms with van der Waals surface area (Å²) in [7, 11) is 0. The highest BCUT2D eigenvalue weighted by Gasteiger charge is 2.25. The van der Waals surface area contributed by atoms with Crippen molar-refractivity contribution in [2.45, 2.75) is 71.8 Å². The molecular formula is C14H29NO2. The lowest BCUT2D eigenvalue weighted by Gasteiger charge is -2.19. The summed E-state index contributed by atoms with van der Waals surface area (Å²) in [5.41, 5.74) is 0. The Morgan fingerprint density at radius 3 is 2.47 bits per heavy atom. The molecule has 2 unspecified atom stereocenters. The van der Waals surface area contributed by atoms with Gasteiger partial charge in [-0.05, 0) is 26.2 Å². The van der Waals surface area contributed by atoms with E-state index in [-0.39, 0.29) is 0 Å². The van der Waals surface area contributed by atoms with E-state index in [2.05, 4.69) is 13.8 Å². The van der Waals surface area contributed by atoms with Crippen molar-refractivity contribution in [1.29, 1.82) is 0 Å². The molecule has 0 saturated carbocycles. The van der Waals surface area contributed by atoms with E-state index in [1.807, 2.05) is 4.90 Å². The lowest BCUT2D eigenvalue weighted by Crippen LogP contribution is -3.13. The van der Waals surface area contributed by atoms with Gasteiger partial charge in [0.1, 0.15) is 0 Å². The van der Waals surface area contributed by atoms with Crippen LogP contribution in [0.25, 0.3) is 0 Å². The van der Waals surface area contributed by atoms with E-state index in [4.69, 9.17) is 9.90 Å². The minimum absolute atomic E-state index is 0.972. The van der Waals surface area contributed by atoms with E-state index in [9.17, 15) is 0 Å². The first kappa shape index (κ1) is 16.4. The van der Waals surface area contributed by atoms with Crippen LogP contribution in [0.4, 0.5) is 0 Å². The van der Waals surface area contributed by atoms with Gasteiger partial charge in [0.2, 0.25) is 0 Å². The number of rotatable bonds is 6. The summed E-state index contributed by atoms with van der Waals surface area (Å²) in [5, 5.41) is 8.89. The Balaban J connectivity index is 0.000000557. The van der Waals surface area contributed by atoms with Gasteiger partial charge >= 0.3 is 0 Å². The Labute approximate surface area is 106 Å². The maximum Gasteiger partial charge on any atom is 0.0874 e. The lowest BCUT2D eigenvalue weighted by molar-refractivity contribution is -0.912. The molecule has 1 heterocycles. The minimum atomic E-state index is -1.08. The van der Waals surface area contributed by atoms with Gasteiger partial charge in [-0.3, -0.25) is 0 Å². The summed E-state index contributed by atoms with van der Waals surface area (Å²) < 4.78 is 0. The largest absolute Gasteiger partial charge is 0.550 e. The monoisotopic (exact) mass is 243 g/mol. The highest BCUT2D eigenvalue weighted by Crippen LogP contribution is 2.04. The summed E-state index contributed by atoms with van der Waals surface area (Å²) in [6.07, 6.45) is 10.1. The van der Waals surface area contributed by atoms with Crippen molar-refractivity contribution in [2.75, 3.05) is 13.1 Å². The average Bonchev–Trinajstić information content (AvgIpc) is 2.71. The van der Waals surface area contributed by atoms with Gasteiger partial charge in [-0.15, -0.1) is 0 Å². The minimum Gasteiger partial charge on any atom is -0.550 e. The molecule has 1 aliphatic rings. The maximum absolute atomic E-state index is 8.89. The fourth-order valence-corrected chi connectivity index (χ4v) is 2.58. The van der Waals surface area contributed by atoms with Crippen molar-refractivity contribution in [3.63, 3.8) is 0 Å². The van der Waals surface area contributed by atoms with Gasteiger partial charge in [-0.25, -0.2) is 0 Å². The summed E-state index contributed by atoms with van der Waals surface area (Å²) >= 11 is 0. The predicted molar refractivity (Wildman–Crippen MR) is 68.8 cm³/mol. The number of carbonyl (C=O) groups excluding carboxylic acids is 1. The van der Waals surface area contributed by atoms with E-state index in [1.54, 1.807) is 0 Å². The first-order valence-electron chi connectivity index (χ1n) is 7.13. The van der Waals surface area contributed by atoms with Crippen molar-refractivity contribution in [1.82, 2.24) is 0 Å². The normalized spacial score (nSPS) is 23.0. The molecule has 17 heavy (non-hydrogen) atoms. The van der Waals surface area contributed by atoms with Crippen LogP contribution in [0.2, 0.25) is 0 Å². The molecule has 0 aliphatic carbocycles. The molecule has 1 aliphatic heterocycles. The van der Waals surface area contributed by atoms with E-state index < -0.39 is 5.97 Å². The third-order valence-corrected chi connectivity index (χ3v) is 3.47. The fourth-order valence-electron chi connectivity index (χ4n) is 2.58. The number of hydrogen-bond acceptors (Lipinski definition) is 2. The number of carbonyl (C=O) groups is 1. The van der Waals surface area contributed by atoms with E-state index >= 15 is 0 Å². The van der Waals surface area contributed by atoms with Gasteiger partial charge in [0.05, 0.1) is 19.1 Å². The molecule has 2 atom stereocenters. The van der Waals surface area contributed by atoms with Crippen molar-refractivity contribution in [3.05, 3.63) is 0 Å². The molecule has 0 aromatic heterocycles. The summed E-state index contributed by atoms with van der Waals surface area (Å²) in [6.45, 7) is 8.50. The zero-order chi connectivity index (χ0) is 13.1. The number of quaternary nitrogens is 1. The second-order valence-corrected chi connectivity index (χ2v) is 4.96. The molecule has 0 spiro atoms. The number of carboxylic acid groups (broad SMARTS) is 1. The predicted octanol–water partition coefficient (Wildman–Crippen LogP) is 0.780. The molecule has 0 aromatic carbocycles. The molecule has 0 radical (unpaired) electrons. The van der Waals surface area contributed by atoms with Gasteiger partial charge in [-0.2, -0.15) is 0 Å². The number of likely N-dealkylation sites (tertiary alicyclic amines) is 1. The van der Waals surface area contributed by atoms with Gasteiger partial charge in [0.25, 0.3) is 0 Å². The van der Waals surface area contributed by atoms with Gasteiger partial charge in [-0.1, -0.05) is 26.7 Å². The van der Waals surface area contributed by atoms with E-state index in [0.29, 0.717) is 0 Å². The SMILES string of the molecule is CC(=O)[O-].CCCCCC[NH+]1CCCC1CC. The third kappa shape index (κ3) is 9.16. The Hall–Kier alpha value is -0.570. The van der Waals surface area contributed by atoms with Crippen LogP contribution in [-0.2, 0) is 4.79 Å². The van der Waals surface area contributed by atoms with Crippen LogP contribution >= 0.6 is 0 Å². The van der Waals surface area contributed by atoms with Crippen LogP contribution in [-0.4, -0.2) is 25.1 Å². The van der Waals surface area contributed by atoms with Crippen molar-refractivity contribution < 1.29 is 14.8 Å². The average molecular weight is 243 g/mol. The molecule has 0 aromatic rings. The number of hydrogen-bond donors (Lipinski definition) is 1. The Morgan fingerprint density at radius 1 is 1.29 bits per heavy atom. The first-order chi connectivity index (χ1) is 8.11. The Kier molecular flexibility index (Phi) is 10.2. The molecule has 102 valence electrons. The van der Waals surface area contributed by atoms with Gasteiger partial charge < -0.3 is 14.8 Å². The molecule has 3 nitrogen and oxygen atoms in total. The second kappa shape index (κ2) is 10.6. The summed E-state index contributed by atoms with van der Waals surface area (Å²) in [5.74, 6) is -1.08. The highest BCUT2D eigenvalue weighted by molar-refractivity contribution is 5.60. The van der Waals surface area contributed by atoms with Crippen LogP contribution in [0, 0.1) is 0 Å². The lowest BCUT2D eigenvalue weighted by atomic mass is 10.1. The standard InChI is InChI=1S/C12H25N.C2H4O2/c1-3-5-6-7-10-13-11-8-9-12(13)4-2;1-2(3)4/h12H,3-11H2,1-2H3;1H3,(H,3,4). The van der Waals surface area contributed by atoms with Crippen molar-refractivity contribution in [3.8, 4) is 0 Å². The molecule has 1 saturated heterocycles. The van der Waals surface area contributed by atoms with E-state index in [1.165, 1.54) is 58.0 Å². The number of nitrogens with one attached hydrogen (secondary N) is 1. The summed E-state index contributed by atoms with van der Waals surface area (Å²) in [4.78, 5) is 10.8. The zero-order valence-electron chi connectivity index (χ0n) is 11.8. The van der Waals surface area contributed by atoms with Crippen LogP contribution in [0.15, 0.2) is 0 Å². The highest BCUT2D eigenvalue weighted by atomic mass is 16.4. The molecule has 1 rings (SSSR count). The summed E-state index contributed by atoms with van der Waals surface area (Å²) in [6, 6.07) is 1.00. The number of aliphatic carboxylic acids is 1. The fraction of sp³-hybridized carbons (Fsp3) is 0.929. The second-order valence-electron chi connectivity index (χ2n) is 4.96. The van der Waals surface area contributed by atoms with Gasteiger partial charge in [0, 0.05) is 18.8 Å². The van der Waals surface area contributed by atoms with Crippen LogP contribution in [0.5, 0.6) is 0 Å². The molecule has 1 fully saturated rings. The first-order valence-corrected chi connectivity index (χ1v) is 7.13. The molecule has 1 N–H and O–H groups in total. The molecule has 3 heteroatoms. The third-order valence-electron chi connectivity index (χ3n) is 3.47.